The standard InChI is InChI=1S/C16H20NP/c1-16(2,3)14-10-7-11-17-15(14)18-12-13-8-5-4-6-9-13/h4-11,18H,12H2,1-3H3. The predicted molar refractivity (Wildman–Crippen MR) is 81.0 cm³/mol. The fourth-order valence-corrected chi connectivity index (χ4v) is 3.35. The molecule has 0 bridgehead atoms. The maximum Gasteiger partial charge on any atom is 0.0640 e. The van der Waals surface area contributed by atoms with Crippen molar-refractivity contribution in [2.45, 2.75) is 32.3 Å². The van der Waals surface area contributed by atoms with Gasteiger partial charge in [0.1, 0.15) is 0 Å². The minimum Gasteiger partial charge on any atom is -0.257 e. The fourth-order valence-electron chi connectivity index (χ4n) is 1.93. The van der Waals surface area contributed by atoms with Crippen LogP contribution in [0.4, 0.5) is 0 Å². The van der Waals surface area contributed by atoms with Crippen LogP contribution in [0, 0.1) is 0 Å². The van der Waals surface area contributed by atoms with Gasteiger partial charge in [-0.2, -0.15) is 0 Å². The van der Waals surface area contributed by atoms with E-state index in [-0.39, 0.29) is 5.41 Å². The van der Waals surface area contributed by atoms with Gasteiger partial charge >= 0.3 is 0 Å². The third kappa shape index (κ3) is 3.40. The maximum absolute atomic E-state index is 4.57. The van der Waals surface area contributed by atoms with Gasteiger partial charge in [-0.1, -0.05) is 65.8 Å². The first kappa shape index (κ1) is 13.2. The molecule has 18 heavy (non-hydrogen) atoms. The summed E-state index contributed by atoms with van der Waals surface area (Å²) >= 11 is 0. The van der Waals surface area contributed by atoms with Crippen molar-refractivity contribution in [1.29, 1.82) is 0 Å². The average molecular weight is 257 g/mol. The molecule has 2 rings (SSSR count). The summed E-state index contributed by atoms with van der Waals surface area (Å²) in [6.07, 6.45) is 2.99. The Morgan fingerprint density at radius 3 is 2.39 bits per heavy atom. The van der Waals surface area contributed by atoms with Gasteiger partial charge in [-0.05, 0) is 28.8 Å². The zero-order valence-electron chi connectivity index (χ0n) is 11.3. The highest BCUT2D eigenvalue weighted by Gasteiger charge is 2.17. The van der Waals surface area contributed by atoms with E-state index in [1.165, 1.54) is 16.6 Å². The molecule has 0 fully saturated rings. The lowest BCUT2D eigenvalue weighted by atomic mass is 9.88. The third-order valence-electron chi connectivity index (χ3n) is 2.92. The second kappa shape index (κ2) is 5.63. The van der Waals surface area contributed by atoms with Crippen LogP contribution >= 0.6 is 8.58 Å². The average Bonchev–Trinajstić information content (AvgIpc) is 2.37. The van der Waals surface area contributed by atoms with Crippen molar-refractivity contribution in [3.8, 4) is 0 Å². The molecule has 0 N–H and O–H groups in total. The summed E-state index contributed by atoms with van der Waals surface area (Å²) in [6.45, 7) is 6.75. The van der Waals surface area contributed by atoms with Gasteiger partial charge in [-0.15, -0.1) is 0 Å². The van der Waals surface area contributed by atoms with Crippen molar-refractivity contribution in [2.75, 3.05) is 0 Å². The molecule has 0 spiro atoms. The molecule has 0 aliphatic heterocycles. The Morgan fingerprint density at radius 2 is 1.72 bits per heavy atom. The monoisotopic (exact) mass is 257 g/mol. The van der Waals surface area contributed by atoms with E-state index in [9.17, 15) is 0 Å². The molecule has 0 radical (unpaired) electrons. The summed E-state index contributed by atoms with van der Waals surface area (Å²) < 4.78 is 0. The van der Waals surface area contributed by atoms with E-state index in [1.54, 1.807) is 0 Å². The Kier molecular flexibility index (Phi) is 4.14. The molecule has 2 heteroatoms. The quantitative estimate of drug-likeness (QED) is 0.760. The largest absolute Gasteiger partial charge is 0.257 e. The van der Waals surface area contributed by atoms with Gasteiger partial charge in [0.25, 0.3) is 0 Å². The molecular weight excluding hydrogens is 237 g/mol. The van der Waals surface area contributed by atoms with Gasteiger partial charge in [0.05, 0.1) is 5.44 Å². The first-order chi connectivity index (χ1) is 8.57. The molecule has 0 saturated carbocycles. The Hall–Kier alpha value is -1.20. The first-order valence-electron chi connectivity index (χ1n) is 6.30. The lowest BCUT2D eigenvalue weighted by Crippen LogP contribution is -2.21. The topological polar surface area (TPSA) is 12.9 Å². The number of hydrogen-bond acceptors (Lipinski definition) is 1. The normalized spacial score (nSPS) is 12.2. The van der Waals surface area contributed by atoms with E-state index in [2.05, 4.69) is 62.2 Å². The van der Waals surface area contributed by atoms with Crippen molar-refractivity contribution in [3.63, 3.8) is 0 Å². The van der Waals surface area contributed by atoms with Crippen LogP contribution in [0.25, 0.3) is 0 Å². The summed E-state index contributed by atoms with van der Waals surface area (Å²) in [4.78, 5) is 4.57. The molecule has 1 aromatic carbocycles. The molecule has 1 atom stereocenters. The van der Waals surface area contributed by atoms with Crippen LogP contribution in [0.2, 0.25) is 0 Å². The molecule has 1 aromatic heterocycles. The zero-order valence-corrected chi connectivity index (χ0v) is 12.3. The van der Waals surface area contributed by atoms with Crippen LogP contribution in [-0.2, 0) is 11.6 Å². The van der Waals surface area contributed by atoms with Gasteiger partial charge in [-0.3, -0.25) is 4.98 Å². The smallest absolute Gasteiger partial charge is 0.0640 e. The fraction of sp³-hybridized carbons (Fsp3) is 0.312. The van der Waals surface area contributed by atoms with Crippen LogP contribution in [0.5, 0.6) is 0 Å². The molecule has 1 unspecified atom stereocenters. The van der Waals surface area contributed by atoms with Crippen molar-refractivity contribution >= 4 is 14.0 Å². The molecule has 0 saturated heterocycles. The van der Waals surface area contributed by atoms with Crippen molar-refractivity contribution in [2.24, 2.45) is 0 Å². The molecule has 0 aliphatic carbocycles. The number of benzene rings is 1. The number of pyridine rings is 1. The van der Waals surface area contributed by atoms with Gasteiger partial charge in [-0.25, -0.2) is 0 Å². The molecule has 94 valence electrons. The second-order valence-corrected chi connectivity index (χ2v) is 6.67. The SMILES string of the molecule is CC(C)(C)c1cccnc1PCc1ccccc1. The Labute approximate surface area is 111 Å². The van der Waals surface area contributed by atoms with Crippen LogP contribution in [0.3, 0.4) is 0 Å². The summed E-state index contributed by atoms with van der Waals surface area (Å²) in [5.41, 5.74) is 4.20. The molecule has 2 aromatic rings. The molecule has 0 aliphatic rings. The molecule has 0 amide bonds. The highest BCUT2D eigenvalue weighted by Crippen LogP contribution is 2.26. The minimum absolute atomic E-state index is 0.174. The van der Waals surface area contributed by atoms with Gasteiger partial charge in [0, 0.05) is 6.20 Å². The van der Waals surface area contributed by atoms with Crippen molar-refractivity contribution in [1.82, 2.24) is 4.98 Å². The minimum atomic E-state index is 0.174. The zero-order chi connectivity index (χ0) is 13.0. The summed E-state index contributed by atoms with van der Waals surface area (Å²) in [5, 5.41) is 0. The van der Waals surface area contributed by atoms with Crippen molar-refractivity contribution in [3.05, 3.63) is 59.8 Å². The van der Waals surface area contributed by atoms with E-state index in [0.29, 0.717) is 0 Å². The molecule has 1 heterocycles. The van der Waals surface area contributed by atoms with E-state index in [4.69, 9.17) is 0 Å². The highest BCUT2D eigenvalue weighted by molar-refractivity contribution is 7.46. The van der Waals surface area contributed by atoms with E-state index < -0.39 is 0 Å². The molecule has 1 nitrogen and oxygen atoms in total. The summed E-state index contributed by atoms with van der Waals surface area (Å²) in [5.74, 6) is 0. The predicted octanol–water partition coefficient (Wildman–Crippen LogP) is 3.88. The van der Waals surface area contributed by atoms with Gasteiger partial charge in [0.2, 0.25) is 0 Å². The maximum atomic E-state index is 4.57. The van der Waals surface area contributed by atoms with Gasteiger partial charge < -0.3 is 0 Å². The van der Waals surface area contributed by atoms with E-state index in [1.807, 2.05) is 12.3 Å². The number of rotatable bonds is 3. The number of aromatic nitrogens is 1. The van der Waals surface area contributed by atoms with Crippen LogP contribution < -0.4 is 5.44 Å². The van der Waals surface area contributed by atoms with Crippen LogP contribution in [0.15, 0.2) is 48.7 Å². The Morgan fingerprint density at radius 1 is 1.00 bits per heavy atom. The number of nitrogens with zero attached hydrogens (tertiary/aromatic N) is 1. The van der Waals surface area contributed by atoms with Crippen molar-refractivity contribution < 1.29 is 0 Å². The lowest BCUT2D eigenvalue weighted by molar-refractivity contribution is 0.592. The van der Waals surface area contributed by atoms with Crippen LogP contribution in [0.1, 0.15) is 31.9 Å². The van der Waals surface area contributed by atoms with E-state index in [0.717, 1.165) is 14.7 Å². The highest BCUT2D eigenvalue weighted by atomic mass is 31.1. The number of hydrogen-bond donors (Lipinski definition) is 0. The first-order valence-corrected chi connectivity index (χ1v) is 7.51. The summed E-state index contributed by atoms with van der Waals surface area (Å²) in [6, 6.07) is 14.9. The second-order valence-electron chi connectivity index (χ2n) is 5.49. The van der Waals surface area contributed by atoms with Gasteiger partial charge in [0.15, 0.2) is 0 Å². The summed E-state index contributed by atoms with van der Waals surface area (Å²) in [7, 11) is 0.743. The third-order valence-corrected chi connectivity index (χ3v) is 4.24. The van der Waals surface area contributed by atoms with E-state index >= 15 is 0 Å². The lowest BCUT2D eigenvalue weighted by Gasteiger charge is -2.21. The Balaban J connectivity index is 2.15. The van der Waals surface area contributed by atoms with Crippen LogP contribution in [-0.4, -0.2) is 4.98 Å². The Bertz CT molecular complexity index is 500. The molecular formula is C16H20NP.